The lowest BCUT2D eigenvalue weighted by atomic mass is 9.93. The molecule has 122 valence electrons. The number of nitrogens with one attached hydrogen (secondary N) is 2. The first-order valence-electron chi connectivity index (χ1n) is 7.73. The van der Waals surface area contributed by atoms with Gasteiger partial charge in [-0.1, -0.05) is 23.7 Å². The molecule has 1 aliphatic rings. The third kappa shape index (κ3) is 4.89. The lowest BCUT2D eigenvalue weighted by Gasteiger charge is -2.32. The topological polar surface area (TPSA) is 50.4 Å². The maximum atomic E-state index is 11.9. The Labute approximate surface area is 137 Å². The summed E-state index contributed by atoms with van der Waals surface area (Å²) in [6.07, 6.45) is 1.38. The van der Waals surface area contributed by atoms with Gasteiger partial charge in [-0.25, -0.2) is 4.79 Å². The van der Waals surface area contributed by atoms with Crippen LogP contribution in [0.15, 0.2) is 18.2 Å². The number of amides is 1. The van der Waals surface area contributed by atoms with Crippen LogP contribution in [0.4, 0.5) is 4.79 Å². The maximum absolute atomic E-state index is 11.9. The highest BCUT2D eigenvalue weighted by Gasteiger charge is 2.26. The van der Waals surface area contributed by atoms with E-state index in [4.69, 9.17) is 16.3 Å². The van der Waals surface area contributed by atoms with Gasteiger partial charge in [0.2, 0.25) is 0 Å². The molecule has 0 radical (unpaired) electrons. The molecule has 1 fully saturated rings. The number of hydrogen-bond acceptors (Lipinski definition) is 3. The van der Waals surface area contributed by atoms with Gasteiger partial charge in [-0.05, 0) is 64.3 Å². The molecule has 0 saturated carbocycles. The molecule has 2 N–H and O–H groups in total. The smallest absolute Gasteiger partial charge is 0.407 e. The lowest BCUT2D eigenvalue weighted by molar-refractivity contribution is 0.0490. The van der Waals surface area contributed by atoms with Gasteiger partial charge in [0.15, 0.2) is 0 Å². The van der Waals surface area contributed by atoms with E-state index in [0.29, 0.717) is 0 Å². The van der Waals surface area contributed by atoms with E-state index in [1.807, 2.05) is 39.8 Å². The minimum absolute atomic E-state index is 0.112. The van der Waals surface area contributed by atoms with E-state index in [0.717, 1.165) is 35.5 Å². The molecule has 2 atom stereocenters. The maximum Gasteiger partial charge on any atom is 0.407 e. The van der Waals surface area contributed by atoms with Crippen molar-refractivity contribution >= 4 is 17.7 Å². The minimum atomic E-state index is -0.471. The van der Waals surface area contributed by atoms with Crippen LogP contribution in [-0.4, -0.2) is 24.3 Å². The van der Waals surface area contributed by atoms with Crippen LogP contribution in [0.3, 0.4) is 0 Å². The average Bonchev–Trinajstić information content (AvgIpc) is 2.40. The molecule has 1 amide bonds. The average molecular weight is 325 g/mol. The van der Waals surface area contributed by atoms with Crippen molar-refractivity contribution in [3.05, 3.63) is 34.3 Å². The number of aryl methyl sites for hydroxylation is 1. The van der Waals surface area contributed by atoms with Crippen molar-refractivity contribution in [2.45, 2.75) is 58.2 Å². The highest BCUT2D eigenvalue weighted by atomic mass is 35.5. The molecule has 1 aromatic rings. The third-order valence-electron chi connectivity index (χ3n) is 3.72. The Hall–Kier alpha value is -1.26. The Bertz CT molecular complexity index is 540. The number of halogens is 1. The molecule has 2 unspecified atom stereocenters. The summed E-state index contributed by atoms with van der Waals surface area (Å²) in [5.41, 5.74) is 1.76. The van der Waals surface area contributed by atoms with Gasteiger partial charge in [-0.3, -0.25) is 0 Å². The summed E-state index contributed by atoms with van der Waals surface area (Å²) in [7, 11) is 0. The van der Waals surface area contributed by atoms with Gasteiger partial charge >= 0.3 is 6.09 Å². The van der Waals surface area contributed by atoms with Gasteiger partial charge in [0.1, 0.15) is 5.60 Å². The number of ether oxygens (including phenoxy) is 1. The van der Waals surface area contributed by atoms with E-state index in [-0.39, 0.29) is 18.2 Å². The standard InChI is InChI=1S/C17H25ClN2O2/c1-11-5-6-12(9-14(11)18)15-10-13(7-8-19-15)20-16(21)22-17(2,3)4/h5-6,9,13,15,19H,7-8,10H2,1-4H3,(H,20,21). The van der Waals surface area contributed by atoms with Gasteiger partial charge in [0, 0.05) is 17.1 Å². The van der Waals surface area contributed by atoms with Crippen molar-refractivity contribution in [2.24, 2.45) is 0 Å². The van der Waals surface area contributed by atoms with Crippen LogP contribution in [0.5, 0.6) is 0 Å². The summed E-state index contributed by atoms with van der Waals surface area (Å²) in [6, 6.07) is 6.44. The molecular formula is C17H25ClN2O2. The van der Waals surface area contributed by atoms with Crippen molar-refractivity contribution in [2.75, 3.05) is 6.54 Å². The molecule has 2 rings (SSSR count). The zero-order valence-corrected chi connectivity index (χ0v) is 14.5. The second-order valence-electron chi connectivity index (χ2n) is 6.88. The molecule has 0 aromatic heterocycles. The third-order valence-corrected chi connectivity index (χ3v) is 4.13. The van der Waals surface area contributed by atoms with E-state index in [1.54, 1.807) is 0 Å². The van der Waals surface area contributed by atoms with E-state index in [1.165, 1.54) is 0 Å². The zero-order valence-electron chi connectivity index (χ0n) is 13.7. The summed E-state index contributed by atoms with van der Waals surface area (Å²) in [6.45, 7) is 8.45. The Morgan fingerprint density at radius 1 is 1.41 bits per heavy atom. The number of alkyl carbamates (subject to hydrolysis) is 1. The van der Waals surface area contributed by atoms with E-state index in [9.17, 15) is 4.79 Å². The van der Waals surface area contributed by atoms with Crippen LogP contribution in [-0.2, 0) is 4.74 Å². The monoisotopic (exact) mass is 324 g/mol. The fourth-order valence-electron chi connectivity index (χ4n) is 2.60. The van der Waals surface area contributed by atoms with E-state index >= 15 is 0 Å². The number of carbonyl (C=O) groups is 1. The Morgan fingerprint density at radius 2 is 2.14 bits per heavy atom. The van der Waals surface area contributed by atoms with Crippen LogP contribution in [0.2, 0.25) is 5.02 Å². The van der Waals surface area contributed by atoms with Crippen molar-refractivity contribution in [3.8, 4) is 0 Å². The molecule has 1 aliphatic heterocycles. The summed E-state index contributed by atoms with van der Waals surface area (Å²) < 4.78 is 5.32. The van der Waals surface area contributed by atoms with Crippen molar-refractivity contribution in [1.29, 1.82) is 0 Å². The molecular weight excluding hydrogens is 300 g/mol. The van der Waals surface area contributed by atoms with Crippen LogP contribution in [0.25, 0.3) is 0 Å². The molecule has 4 nitrogen and oxygen atoms in total. The Morgan fingerprint density at radius 3 is 2.77 bits per heavy atom. The number of rotatable bonds is 2. The quantitative estimate of drug-likeness (QED) is 0.865. The molecule has 5 heteroatoms. The highest BCUT2D eigenvalue weighted by Crippen LogP contribution is 2.27. The largest absolute Gasteiger partial charge is 0.444 e. The summed E-state index contributed by atoms with van der Waals surface area (Å²) in [5, 5.41) is 7.23. The number of hydrogen-bond donors (Lipinski definition) is 2. The first-order valence-corrected chi connectivity index (χ1v) is 8.11. The summed E-state index contributed by atoms with van der Waals surface area (Å²) in [4.78, 5) is 11.9. The first-order chi connectivity index (χ1) is 10.2. The predicted molar refractivity (Wildman–Crippen MR) is 89.3 cm³/mol. The summed E-state index contributed by atoms with van der Waals surface area (Å²) in [5.74, 6) is 0. The van der Waals surface area contributed by atoms with Gasteiger partial charge < -0.3 is 15.4 Å². The SMILES string of the molecule is Cc1ccc(C2CC(NC(=O)OC(C)(C)C)CCN2)cc1Cl. The molecule has 22 heavy (non-hydrogen) atoms. The molecule has 0 spiro atoms. The van der Waals surface area contributed by atoms with E-state index < -0.39 is 5.60 Å². The summed E-state index contributed by atoms with van der Waals surface area (Å²) >= 11 is 6.21. The van der Waals surface area contributed by atoms with Crippen molar-refractivity contribution in [1.82, 2.24) is 10.6 Å². The van der Waals surface area contributed by atoms with Gasteiger partial charge in [0.25, 0.3) is 0 Å². The van der Waals surface area contributed by atoms with Gasteiger partial charge in [0.05, 0.1) is 0 Å². The second kappa shape index (κ2) is 6.88. The van der Waals surface area contributed by atoms with Crippen LogP contribution < -0.4 is 10.6 Å². The number of piperidine rings is 1. The van der Waals surface area contributed by atoms with Crippen molar-refractivity contribution in [3.63, 3.8) is 0 Å². The lowest BCUT2D eigenvalue weighted by Crippen LogP contribution is -2.45. The van der Waals surface area contributed by atoms with E-state index in [2.05, 4.69) is 16.7 Å². The highest BCUT2D eigenvalue weighted by molar-refractivity contribution is 6.31. The zero-order chi connectivity index (χ0) is 16.3. The first kappa shape index (κ1) is 17.1. The van der Waals surface area contributed by atoms with Crippen LogP contribution in [0.1, 0.15) is 50.8 Å². The molecule has 0 aliphatic carbocycles. The van der Waals surface area contributed by atoms with Crippen molar-refractivity contribution < 1.29 is 9.53 Å². The fourth-order valence-corrected chi connectivity index (χ4v) is 2.79. The molecule has 1 saturated heterocycles. The van der Waals surface area contributed by atoms with Crippen LogP contribution in [0, 0.1) is 6.92 Å². The molecule has 1 aromatic carbocycles. The number of carbonyl (C=O) groups excluding carboxylic acids is 1. The second-order valence-corrected chi connectivity index (χ2v) is 7.29. The molecule has 1 heterocycles. The Kier molecular flexibility index (Phi) is 5.35. The number of benzene rings is 1. The fraction of sp³-hybridized carbons (Fsp3) is 0.588. The predicted octanol–water partition coefficient (Wildman–Crippen LogP) is 3.97. The van der Waals surface area contributed by atoms with Crippen LogP contribution >= 0.6 is 11.6 Å². The normalized spacial score (nSPS) is 22.2. The minimum Gasteiger partial charge on any atom is -0.444 e. The van der Waals surface area contributed by atoms with Gasteiger partial charge in [-0.2, -0.15) is 0 Å². The Balaban J connectivity index is 1.96. The van der Waals surface area contributed by atoms with Gasteiger partial charge in [-0.15, -0.1) is 0 Å². The molecule has 0 bridgehead atoms.